The smallest absolute Gasteiger partial charge is 0.405 e. The van der Waals surface area contributed by atoms with Crippen molar-refractivity contribution in [3.05, 3.63) is 83.7 Å². The lowest BCUT2D eigenvalue weighted by Gasteiger charge is -2.16. The number of hydrogen-bond acceptors (Lipinski definition) is 3. The number of aromatic nitrogens is 2. The second-order valence-corrected chi connectivity index (χ2v) is 6.41. The van der Waals surface area contributed by atoms with Crippen LogP contribution in [0, 0.1) is 0 Å². The van der Waals surface area contributed by atoms with Crippen LogP contribution in [-0.2, 0) is 19.6 Å². The van der Waals surface area contributed by atoms with Gasteiger partial charge in [0.05, 0.1) is 6.54 Å². The summed E-state index contributed by atoms with van der Waals surface area (Å²) in [6.07, 6.45) is -1.12. The molecule has 1 aromatic heterocycles. The molecule has 3 aromatic rings. The van der Waals surface area contributed by atoms with Gasteiger partial charge in [0.15, 0.2) is 5.96 Å². The number of rotatable bonds is 7. The summed E-state index contributed by atoms with van der Waals surface area (Å²) in [5.74, 6) is 0.225. The van der Waals surface area contributed by atoms with Crippen molar-refractivity contribution in [2.24, 2.45) is 4.99 Å². The van der Waals surface area contributed by atoms with E-state index < -0.39 is 6.36 Å². The van der Waals surface area contributed by atoms with Gasteiger partial charge in [0.25, 0.3) is 0 Å². The number of ether oxygens (including phenoxy) is 1. The van der Waals surface area contributed by atoms with Gasteiger partial charge in [-0.1, -0.05) is 42.5 Å². The van der Waals surface area contributed by atoms with Crippen LogP contribution < -0.4 is 15.4 Å². The molecule has 0 saturated heterocycles. The molecule has 3 rings (SSSR count). The molecular formula is C21H23F3IN5O. The molecule has 0 aliphatic carbocycles. The number of nitrogens with one attached hydrogen (secondary N) is 2. The Morgan fingerprint density at radius 1 is 0.968 bits per heavy atom. The molecule has 0 radical (unpaired) electrons. The van der Waals surface area contributed by atoms with Gasteiger partial charge in [-0.2, -0.15) is 5.10 Å². The van der Waals surface area contributed by atoms with Gasteiger partial charge in [-0.15, -0.1) is 37.1 Å². The molecule has 2 N–H and O–H groups in total. The standard InChI is InChI=1S/C21H22F3N5O.HI/c1-25-20(27-14-17-8-4-5-10-19(17)30-21(22,23)24)26-13-16-7-2-3-9-18(16)15-29-12-6-11-28-29;/h2-12H,13-15H2,1H3,(H2,25,26,27);1H. The maximum Gasteiger partial charge on any atom is 0.573 e. The largest absolute Gasteiger partial charge is 0.573 e. The Balaban J connectivity index is 0.00000341. The molecule has 0 atom stereocenters. The minimum absolute atomic E-state index is 0. The van der Waals surface area contributed by atoms with E-state index in [9.17, 15) is 13.2 Å². The minimum Gasteiger partial charge on any atom is -0.405 e. The van der Waals surface area contributed by atoms with Gasteiger partial charge >= 0.3 is 6.36 Å². The monoisotopic (exact) mass is 545 g/mol. The van der Waals surface area contributed by atoms with E-state index in [1.807, 2.05) is 41.2 Å². The van der Waals surface area contributed by atoms with Crippen LogP contribution in [0.25, 0.3) is 0 Å². The van der Waals surface area contributed by atoms with Crippen molar-refractivity contribution in [2.75, 3.05) is 7.05 Å². The lowest BCUT2D eigenvalue weighted by molar-refractivity contribution is -0.274. The number of halogens is 4. The first-order valence-electron chi connectivity index (χ1n) is 9.27. The van der Waals surface area contributed by atoms with Gasteiger partial charge in [0.2, 0.25) is 0 Å². The highest BCUT2D eigenvalue weighted by molar-refractivity contribution is 14.0. The lowest BCUT2D eigenvalue weighted by Crippen LogP contribution is -2.36. The van der Waals surface area contributed by atoms with E-state index >= 15 is 0 Å². The van der Waals surface area contributed by atoms with E-state index in [0.29, 0.717) is 24.6 Å². The molecule has 0 spiro atoms. The average molecular weight is 545 g/mol. The molecule has 31 heavy (non-hydrogen) atoms. The normalized spacial score (nSPS) is 11.5. The van der Waals surface area contributed by atoms with E-state index in [1.165, 1.54) is 12.1 Å². The van der Waals surface area contributed by atoms with Crippen LogP contribution in [-0.4, -0.2) is 29.2 Å². The summed E-state index contributed by atoms with van der Waals surface area (Å²) in [5, 5.41) is 10.4. The molecule has 10 heteroatoms. The zero-order valence-corrected chi connectivity index (χ0v) is 19.1. The fourth-order valence-corrected chi connectivity index (χ4v) is 2.91. The van der Waals surface area contributed by atoms with Crippen molar-refractivity contribution in [1.29, 1.82) is 0 Å². The molecule has 0 saturated carbocycles. The third kappa shape index (κ3) is 7.78. The van der Waals surface area contributed by atoms with Gasteiger partial charge < -0.3 is 15.4 Å². The van der Waals surface area contributed by atoms with E-state index in [4.69, 9.17) is 0 Å². The second kappa shape index (κ2) is 11.6. The number of hydrogen-bond donors (Lipinski definition) is 2. The number of nitrogens with zero attached hydrogens (tertiary/aromatic N) is 3. The molecule has 2 aromatic carbocycles. The van der Waals surface area contributed by atoms with Gasteiger partial charge in [0.1, 0.15) is 5.75 Å². The van der Waals surface area contributed by atoms with Crippen LogP contribution in [0.5, 0.6) is 5.75 Å². The molecule has 166 valence electrons. The Morgan fingerprint density at radius 3 is 2.19 bits per heavy atom. The summed E-state index contributed by atoms with van der Waals surface area (Å²) in [6, 6.07) is 15.8. The van der Waals surface area contributed by atoms with Crippen LogP contribution in [0.1, 0.15) is 16.7 Å². The summed E-state index contributed by atoms with van der Waals surface area (Å²) in [5.41, 5.74) is 2.54. The Labute approximate surface area is 195 Å². The van der Waals surface area contributed by atoms with Gasteiger partial charge in [-0.25, -0.2) is 0 Å². The maximum absolute atomic E-state index is 12.6. The van der Waals surface area contributed by atoms with E-state index in [2.05, 4.69) is 25.5 Å². The Bertz CT molecular complexity index is 977. The highest BCUT2D eigenvalue weighted by atomic mass is 127. The first kappa shape index (κ1) is 24.5. The minimum atomic E-state index is -4.74. The number of alkyl halides is 3. The Morgan fingerprint density at radius 2 is 1.58 bits per heavy atom. The highest BCUT2D eigenvalue weighted by Gasteiger charge is 2.31. The zero-order valence-electron chi connectivity index (χ0n) is 16.8. The second-order valence-electron chi connectivity index (χ2n) is 6.41. The fourth-order valence-electron chi connectivity index (χ4n) is 2.91. The first-order valence-corrected chi connectivity index (χ1v) is 9.27. The highest BCUT2D eigenvalue weighted by Crippen LogP contribution is 2.26. The van der Waals surface area contributed by atoms with E-state index in [0.717, 1.165) is 11.1 Å². The van der Waals surface area contributed by atoms with Crippen molar-refractivity contribution in [3.8, 4) is 5.75 Å². The molecule has 6 nitrogen and oxygen atoms in total. The van der Waals surface area contributed by atoms with Gasteiger partial charge in [-0.05, 0) is 23.3 Å². The molecule has 0 aliphatic heterocycles. The number of guanidine groups is 1. The van der Waals surface area contributed by atoms with Crippen LogP contribution in [0.15, 0.2) is 72.0 Å². The molecule has 1 heterocycles. The summed E-state index contributed by atoms with van der Waals surface area (Å²) in [6.45, 7) is 1.26. The third-order valence-corrected chi connectivity index (χ3v) is 4.32. The predicted molar refractivity (Wildman–Crippen MR) is 123 cm³/mol. The van der Waals surface area contributed by atoms with Crippen LogP contribution >= 0.6 is 24.0 Å². The molecule has 0 unspecified atom stereocenters. The first-order chi connectivity index (χ1) is 14.4. The quantitative estimate of drug-likeness (QED) is 0.264. The van der Waals surface area contributed by atoms with Crippen LogP contribution in [0.4, 0.5) is 13.2 Å². The number of para-hydroxylation sites is 1. The summed E-state index contributed by atoms with van der Waals surface area (Å²) >= 11 is 0. The van der Waals surface area contributed by atoms with Crippen LogP contribution in [0.3, 0.4) is 0 Å². The van der Waals surface area contributed by atoms with Crippen LogP contribution in [0.2, 0.25) is 0 Å². The SMILES string of the molecule is CN=C(NCc1ccccc1Cn1cccn1)NCc1ccccc1OC(F)(F)F.I. The number of aliphatic imine (C=N–C) groups is 1. The molecule has 0 fully saturated rings. The third-order valence-electron chi connectivity index (χ3n) is 4.32. The summed E-state index contributed by atoms with van der Waals surface area (Å²) in [7, 11) is 1.60. The average Bonchev–Trinajstić information content (AvgIpc) is 3.22. The van der Waals surface area contributed by atoms with Crippen molar-refractivity contribution in [1.82, 2.24) is 20.4 Å². The molecular weight excluding hydrogens is 522 g/mol. The van der Waals surface area contributed by atoms with Crippen molar-refractivity contribution < 1.29 is 17.9 Å². The lowest BCUT2D eigenvalue weighted by atomic mass is 10.1. The topological polar surface area (TPSA) is 63.5 Å². The predicted octanol–water partition coefficient (Wildman–Crippen LogP) is 4.31. The maximum atomic E-state index is 12.6. The van der Waals surface area contributed by atoms with Crippen molar-refractivity contribution in [3.63, 3.8) is 0 Å². The van der Waals surface area contributed by atoms with Gasteiger partial charge in [-0.3, -0.25) is 9.67 Å². The van der Waals surface area contributed by atoms with Crippen molar-refractivity contribution >= 4 is 29.9 Å². The molecule has 0 bridgehead atoms. The van der Waals surface area contributed by atoms with Crippen molar-refractivity contribution in [2.45, 2.75) is 26.0 Å². The fraction of sp³-hybridized carbons (Fsp3) is 0.238. The number of benzene rings is 2. The van der Waals surface area contributed by atoms with Gasteiger partial charge in [0, 0.05) is 38.1 Å². The molecule has 0 aliphatic rings. The Kier molecular flexibility index (Phi) is 9.16. The summed E-state index contributed by atoms with van der Waals surface area (Å²) < 4.78 is 43.7. The Hall–Kier alpha value is -2.76. The van der Waals surface area contributed by atoms with E-state index in [1.54, 1.807) is 25.4 Å². The van der Waals surface area contributed by atoms with E-state index in [-0.39, 0.29) is 36.3 Å². The summed E-state index contributed by atoms with van der Waals surface area (Å²) in [4.78, 5) is 4.14. The zero-order chi connectivity index (χ0) is 21.4. The molecule has 0 amide bonds.